The average Bonchev–Trinajstić information content (AvgIpc) is 2.26. The van der Waals surface area contributed by atoms with Gasteiger partial charge in [0.15, 0.2) is 0 Å². The topological polar surface area (TPSA) is 77.8 Å². The highest BCUT2D eigenvalue weighted by Gasteiger charge is 2.21. The summed E-state index contributed by atoms with van der Waals surface area (Å²) in [5, 5.41) is 29.4. The lowest BCUT2D eigenvalue weighted by Crippen LogP contribution is -1.99. The SMILES string of the molecule is O=C(O)c1c(O)c(I)c2ccccc2c1O. The highest BCUT2D eigenvalue weighted by Crippen LogP contribution is 2.39. The van der Waals surface area contributed by atoms with Crippen LogP contribution in [0, 0.1) is 3.57 Å². The molecule has 0 atom stereocenters. The van der Waals surface area contributed by atoms with Gasteiger partial charge in [-0.2, -0.15) is 0 Å². The zero-order valence-electron chi connectivity index (χ0n) is 7.94. The van der Waals surface area contributed by atoms with Crippen molar-refractivity contribution in [2.45, 2.75) is 0 Å². The monoisotopic (exact) mass is 330 g/mol. The molecule has 0 aromatic heterocycles. The Morgan fingerprint density at radius 3 is 2.19 bits per heavy atom. The van der Waals surface area contributed by atoms with Gasteiger partial charge in [-0.05, 0) is 22.6 Å². The van der Waals surface area contributed by atoms with Gasteiger partial charge in [0.2, 0.25) is 0 Å². The van der Waals surface area contributed by atoms with Gasteiger partial charge in [0.1, 0.15) is 17.1 Å². The number of phenols is 2. The molecule has 0 radical (unpaired) electrons. The van der Waals surface area contributed by atoms with Crippen molar-refractivity contribution in [2.24, 2.45) is 0 Å². The summed E-state index contributed by atoms with van der Waals surface area (Å²) in [5.74, 6) is -2.15. The van der Waals surface area contributed by atoms with Crippen LogP contribution in [0.5, 0.6) is 11.5 Å². The number of hydrogen-bond donors (Lipinski definition) is 3. The Balaban J connectivity index is 3.00. The summed E-state index contributed by atoms with van der Waals surface area (Å²) in [5.41, 5.74) is -0.455. The summed E-state index contributed by atoms with van der Waals surface area (Å²) in [4.78, 5) is 10.9. The Morgan fingerprint density at radius 1 is 1.06 bits per heavy atom. The van der Waals surface area contributed by atoms with E-state index in [4.69, 9.17) is 5.11 Å². The number of aromatic carboxylic acids is 1. The lowest BCUT2D eigenvalue weighted by Gasteiger charge is -2.09. The number of carbonyl (C=O) groups is 1. The molecule has 2 aromatic carbocycles. The van der Waals surface area contributed by atoms with Gasteiger partial charge in [0.05, 0.1) is 3.57 Å². The summed E-state index contributed by atoms with van der Waals surface area (Å²) in [7, 11) is 0. The standard InChI is InChI=1S/C11H7IO4/c12-8-5-3-1-2-4-6(5)9(13)7(10(8)14)11(15)16/h1-4,13-14H,(H,15,16). The number of halogens is 1. The quantitative estimate of drug-likeness (QED) is 0.703. The van der Waals surface area contributed by atoms with E-state index in [2.05, 4.69) is 0 Å². The van der Waals surface area contributed by atoms with Crippen molar-refractivity contribution >= 4 is 39.3 Å². The van der Waals surface area contributed by atoms with Crippen molar-refractivity contribution in [3.8, 4) is 11.5 Å². The molecule has 0 spiro atoms. The Kier molecular flexibility index (Phi) is 2.63. The van der Waals surface area contributed by atoms with E-state index in [-0.39, 0.29) is 0 Å². The molecule has 0 saturated carbocycles. The predicted molar refractivity (Wildman–Crippen MR) is 67.0 cm³/mol. The van der Waals surface area contributed by atoms with E-state index in [1.54, 1.807) is 24.3 Å². The van der Waals surface area contributed by atoms with Crippen molar-refractivity contribution < 1.29 is 20.1 Å². The fourth-order valence-corrected chi connectivity index (χ4v) is 2.31. The van der Waals surface area contributed by atoms with Crippen LogP contribution >= 0.6 is 22.6 Å². The third-order valence-corrected chi connectivity index (χ3v) is 3.41. The number of aromatic hydroxyl groups is 2. The maximum atomic E-state index is 10.9. The highest BCUT2D eigenvalue weighted by molar-refractivity contribution is 14.1. The lowest BCUT2D eigenvalue weighted by atomic mass is 10.0. The van der Waals surface area contributed by atoms with Crippen molar-refractivity contribution in [3.63, 3.8) is 0 Å². The van der Waals surface area contributed by atoms with Gasteiger partial charge >= 0.3 is 5.97 Å². The van der Waals surface area contributed by atoms with Gasteiger partial charge in [0, 0.05) is 10.8 Å². The van der Waals surface area contributed by atoms with Gasteiger partial charge in [-0.3, -0.25) is 0 Å². The molecule has 2 rings (SSSR count). The number of benzene rings is 2. The Labute approximate surface area is 104 Å². The van der Waals surface area contributed by atoms with Crippen molar-refractivity contribution in [1.29, 1.82) is 0 Å². The van der Waals surface area contributed by atoms with E-state index in [0.29, 0.717) is 14.3 Å². The minimum atomic E-state index is -1.35. The molecule has 0 heterocycles. The first-order chi connectivity index (χ1) is 7.54. The molecule has 0 saturated heterocycles. The minimum Gasteiger partial charge on any atom is -0.506 e. The molecule has 0 aliphatic rings. The fourth-order valence-electron chi connectivity index (χ4n) is 1.57. The van der Waals surface area contributed by atoms with Crippen molar-refractivity contribution in [3.05, 3.63) is 33.4 Å². The Hall–Kier alpha value is -1.50. The second kappa shape index (κ2) is 3.82. The first-order valence-electron chi connectivity index (χ1n) is 4.39. The van der Waals surface area contributed by atoms with Crippen molar-refractivity contribution in [2.75, 3.05) is 0 Å². The van der Waals surface area contributed by atoms with Crippen LogP contribution in [0.2, 0.25) is 0 Å². The third kappa shape index (κ3) is 1.47. The zero-order chi connectivity index (χ0) is 11.9. The fraction of sp³-hybridized carbons (Fsp3) is 0. The van der Waals surface area contributed by atoms with Gasteiger partial charge in [-0.25, -0.2) is 4.79 Å². The maximum Gasteiger partial charge on any atom is 0.343 e. The van der Waals surface area contributed by atoms with Gasteiger partial charge in [-0.1, -0.05) is 24.3 Å². The van der Waals surface area contributed by atoms with Crippen LogP contribution in [0.15, 0.2) is 24.3 Å². The molecule has 4 nitrogen and oxygen atoms in total. The number of rotatable bonds is 1. The van der Waals surface area contributed by atoms with E-state index in [1.807, 2.05) is 22.6 Å². The summed E-state index contributed by atoms with van der Waals surface area (Å²) < 4.78 is 0.420. The lowest BCUT2D eigenvalue weighted by molar-refractivity contribution is 0.0690. The largest absolute Gasteiger partial charge is 0.506 e. The molecule has 0 fully saturated rings. The maximum absolute atomic E-state index is 10.9. The summed E-state index contributed by atoms with van der Waals surface area (Å²) >= 11 is 1.85. The molecule has 0 aliphatic heterocycles. The molecule has 82 valence electrons. The van der Waals surface area contributed by atoms with Crippen LogP contribution < -0.4 is 0 Å². The molecular formula is C11H7IO4. The van der Waals surface area contributed by atoms with Gasteiger partial charge in [-0.15, -0.1) is 0 Å². The summed E-state index contributed by atoms with van der Waals surface area (Å²) in [6.45, 7) is 0. The Bertz CT molecular complexity index is 592. The van der Waals surface area contributed by atoms with E-state index in [1.165, 1.54) is 0 Å². The number of carboxylic acid groups (broad SMARTS) is 1. The zero-order valence-corrected chi connectivity index (χ0v) is 10.1. The predicted octanol–water partition coefficient (Wildman–Crippen LogP) is 2.55. The molecule has 0 amide bonds. The summed E-state index contributed by atoms with van der Waals surface area (Å²) in [6, 6.07) is 6.77. The average molecular weight is 330 g/mol. The van der Waals surface area contributed by atoms with E-state index in [0.717, 1.165) is 0 Å². The second-order valence-electron chi connectivity index (χ2n) is 3.24. The van der Waals surface area contributed by atoms with E-state index in [9.17, 15) is 15.0 Å². The van der Waals surface area contributed by atoms with Crippen LogP contribution in [0.3, 0.4) is 0 Å². The summed E-state index contributed by atoms with van der Waals surface area (Å²) in [6.07, 6.45) is 0. The third-order valence-electron chi connectivity index (χ3n) is 2.31. The molecule has 3 N–H and O–H groups in total. The molecule has 16 heavy (non-hydrogen) atoms. The molecule has 0 bridgehead atoms. The smallest absolute Gasteiger partial charge is 0.343 e. The minimum absolute atomic E-state index is 0.399. The number of carboxylic acids is 1. The normalized spacial score (nSPS) is 10.6. The van der Waals surface area contributed by atoms with Crippen LogP contribution in [0.25, 0.3) is 10.8 Å². The molecule has 5 heteroatoms. The molecule has 2 aromatic rings. The first-order valence-corrected chi connectivity index (χ1v) is 5.47. The van der Waals surface area contributed by atoms with E-state index < -0.39 is 23.0 Å². The molecular weight excluding hydrogens is 323 g/mol. The first kappa shape index (κ1) is 11.0. The molecule has 0 aliphatic carbocycles. The van der Waals surface area contributed by atoms with E-state index >= 15 is 0 Å². The second-order valence-corrected chi connectivity index (χ2v) is 4.32. The van der Waals surface area contributed by atoms with Crippen LogP contribution in [-0.2, 0) is 0 Å². The number of fused-ring (bicyclic) bond motifs is 1. The van der Waals surface area contributed by atoms with Gasteiger partial charge < -0.3 is 15.3 Å². The van der Waals surface area contributed by atoms with Crippen LogP contribution in [0.1, 0.15) is 10.4 Å². The highest BCUT2D eigenvalue weighted by atomic mass is 127. The number of hydrogen-bond acceptors (Lipinski definition) is 3. The Morgan fingerprint density at radius 2 is 1.62 bits per heavy atom. The van der Waals surface area contributed by atoms with Gasteiger partial charge in [0.25, 0.3) is 0 Å². The van der Waals surface area contributed by atoms with Crippen LogP contribution in [0.4, 0.5) is 0 Å². The molecule has 0 unspecified atom stereocenters. The van der Waals surface area contributed by atoms with Crippen molar-refractivity contribution in [1.82, 2.24) is 0 Å². The van der Waals surface area contributed by atoms with Crippen LogP contribution in [-0.4, -0.2) is 21.3 Å².